The molecule has 0 bridgehead atoms. The molecule has 7 heteroatoms. The summed E-state index contributed by atoms with van der Waals surface area (Å²) in [5.41, 5.74) is 8.18. The van der Waals surface area contributed by atoms with E-state index in [1.807, 2.05) is 0 Å². The Balaban J connectivity index is 0.00000578. The van der Waals surface area contributed by atoms with Crippen LogP contribution in [0.1, 0.15) is 33.4 Å². The molecular formula is C27H45KN2Si4. The molecule has 0 N–H and O–H groups in total. The first-order chi connectivity index (χ1) is 14.9. The van der Waals surface area contributed by atoms with E-state index in [2.05, 4.69) is 123 Å². The van der Waals surface area contributed by atoms with Gasteiger partial charge in [-0.3, -0.25) is 0 Å². The first-order valence-corrected chi connectivity index (χ1v) is 25.0. The number of hydrogen-bond acceptors (Lipinski definition) is 2. The van der Waals surface area contributed by atoms with Gasteiger partial charge >= 0.3 is 51.4 Å². The Labute approximate surface area is 257 Å². The predicted molar refractivity (Wildman–Crippen MR) is 161 cm³/mol. The van der Waals surface area contributed by atoms with Crippen molar-refractivity contribution in [3.63, 3.8) is 0 Å². The predicted octanol–water partition coefficient (Wildman–Crippen LogP) is 4.86. The van der Waals surface area contributed by atoms with E-state index in [-0.39, 0.29) is 51.4 Å². The monoisotopic (exact) mass is 548 g/mol. The third-order valence-corrected chi connectivity index (χ3v) is 16.9. The van der Waals surface area contributed by atoms with Gasteiger partial charge in [0.05, 0.1) is 0 Å². The van der Waals surface area contributed by atoms with Crippen LogP contribution in [0.2, 0.25) is 58.9 Å². The Morgan fingerprint density at radius 3 is 1.03 bits per heavy atom. The Hall–Kier alpha value is 0.284. The van der Waals surface area contributed by atoms with E-state index in [1.165, 1.54) is 44.1 Å². The van der Waals surface area contributed by atoms with Crippen LogP contribution in [0.25, 0.3) is 0 Å². The van der Waals surface area contributed by atoms with Crippen LogP contribution in [0.5, 0.6) is 0 Å². The van der Waals surface area contributed by atoms with Crippen LogP contribution in [-0.2, 0) is 0 Å². The fraction of sp³-hybridized carbons (Fsp3) is 0.481. The third kappa shape index (κ3) is 8.69. The molecule has 2 nitrogen and oxygen atoms in total. The maximum Gasteiger partial charge on any atom is 1.00 e. The standard InChI is InChI=1S/C27H45N2Si4.K/c1-20-16-14-17-21(2)24(20)26(28-31(5,6)7)30(33(11,12)13)27(29-32(8,9)10)25-22(3)18-15-19-23(25)4;/h14-19H,1-13H3;/q-1;+1/b28-26+,29-27+;. The number of aryl methyl sites for hydroxylation is 4. The second-order valence-corrected chi connectivity index (χ2v) is 33.7. The number of rotatable bonds is 7. The molecule has 0 amide bonds. The van der Waals surface area contributed by atoms with Gasteiger partial charge in [-0.1, -0.05) is 103 Å². The maximum absolute atomic E-state index is 5.67. The first-order valence-electron chi connectivity index (χ1n) is 12.1. The Morgan fingerprint density at radius 2 is 0.824 bits per heavy atom. The van der Waals surface area contributed by atoms with Gasteiger partial charge in [-0.25, -0.2) is 8.31 Å². The van der Waals surface area contributed by atoms with Gasteiger partial charge in [0.25, 0.3) is 0 Å². The number of hydrogen-bond donors (Lipinski definition) is 0. The van der Waals surface area contributed by atoms with E-state index >= 15 is 0 Å². The Morgan fingerprint density at radius 1 is 0.559 bits per heavy atom. The smallest absolute Gasteiger partial charge is 0.361 e. The Bertz CT molecular complexity index is 952. The maximum atomic E-state index is 5.67. The average molecular weight is 549 g/mol. The van der Waals surface area contributed by atoms with Crippen LogP contribution in [0.15, 0.2) is 45.7 Å². The fourth-order valence-electron chi connectivity index (χ4n) is 4.34. The van der Waals surface area contributed by atoms with Crippen LogP contribution in [0, 0.1) is 27.7 Å². The molecule has 0 unspecified atom stereocenters. The molecule has 0 fully saturated rings. The second-order valence-electron chi connectivity index (χ2n) is 12.4. The van der Waals surface area contributed by atoms with E-state index in [1.54, 1.807) is 0 Å². The van der Waals surface area contributed by atoms with Gasteiger partial charge in [-0.05, 0) is 61.1 Å². The minimum Gasteiger partial charge on any atom is -0.361 e. The molecule has 0 saturated carbocycles. The molecule has 2 aromatic rings. The molecule has 2 rings (SSSR count). The topological polar surface area (TPSA) is 24.7 Å². The van der Waals surface area contributed by atoms with Gasteiger partial charge < -0.3 is 9.32 Å². The zero-order valence-electron chi connectivity index (χ0n) is 24.4. The summed E-state index contributed by atoms with van der Waals surface area (Å²) in [6.07, 6.45) is 0. The zero-order chi connectivity index (χ0) is 25.4. The van der Waals surface area contributed by atoms with Crippen molar-refractivity contribution in [3.05, 3.63) is 69.8 Å². The van der Waals surface area contributed by atoms with Gasteiger partial charge in [0.15, 0.2) is 16.5 Å². The van der Waals surface area contributed by atoms with E-state index < -0.39 is 32.4 Å². The van der Waals surface area contributed by atoms with E-state index in [9.17, 15) is 0 Å². The summed E-state index contributed by atoms with van der Waals surface area (Å²) < 4.78 is 11.3. The van der Waals surface area contributed by atoms with Crippen LogP contribution in [0.3, 0.4) is 0 Å². The van der Waals surface area contributed by atoms with E-state index in [0.717, 1.165) is 0 Å². The third-order valence-electron chi connectivity index (χ3n) is 5.55. The molecule has 0 aliphatic rings. The van der Waals surface area contributed by atoms with Crippen molar-refractivity contribution >= 4 is 43.0 Å². The Kier molecular flexibility index (Phi) is 11.6. The van der Waals surface area contributed by atoms with Gasteiger partial charge in [0, 0.05) is 0 Å². The molecule has 180 valence electrons. The van der Waals surface area contributed by atoms with E-state index in [4.69, 9.17) is 9.32 Å². The zero-order valence-corrected chi connectivity index (χ0v) is 31.5. The average Bonchev–Trinajstić information content (AvgIpc) is 2.57. The summed E-state index contributed by atoms with van der Waals surface area (Å²) in [5, 5.41) is 2.79. The summed E-state index contributed by atoms with van der Waals surface area (Å²) in [7, 11) is -6.33. The minimum absolute atomic E-state index is 0. The van der Waals surface area contributed by atoms with Crippen molar-refractivity contribution in [2.45, 2.75) is 86.6 Å². The summed E-state index contributed by atoms with van der Waals surface area (Å²) in [5.74, 6) is 0. The molecule has 34 heavy (non-hydrogen) atoms. The summed E-state index contributed by atoms with van der Waals surface area (Å²) in [6.45, 7) is 30.9. The van der Waals surface area contributed by atoms with Crippen LogP contribution in [0.4, 0.5) is 0 Å². The summed E-state index contributed by atoms with van der Waals surface area (Å²) in [4.78, 5) is 0. The number of nitrogens with zero attached hydrogens (tertiary/aromatic N) is 2. The molecule has 0 aliphatic heterocycles. The van der Waals surface area contributed by atoms with Crippen molar-refractivity contribution in [1.29, 1.82) is 0 Å². The second kappa shape index (κ2) is 12.2. The van der Waals surface area contributed by atoms with Gasteiger partial charge in [0.2, 0.25) is 0 Å². The van der Waals surface area contributed by atoms with Crippen molar-refractivity contribution in [3.8, 4) is 0 Å². The van der Waals surface area contributed by atoms with Crippen molar-refractivity contribution in [2.75, 3.05) is 0 Å². The molecule has 0 radical (unpaired) electrons. The first kappa shape index (κ1) is 32.3. The van der Waals surface area contributed by atoms with E-state index in [0.29, 0.717) is 0 Å². The largest absolute Gasteiger partial charge is 1.00 e. The molecule has 0 aliphatic carbocycles. The fourth-order valence-corrected chi connectivity index (χ4v) is 17.8. The molecule has 0 aromatic heterocycles. The van der Waals surface area contributed by atoms with Crippen LogP contribution < -0.4 is 51.4 Å². The summed E-state index contributed by atoms with van der Waals surface area (Å²) >= 11 is 0. The molecular weight excluding hydrogens is 504 g/mol. The van der Waals surface area contributed by atoms with Gasteiger partial charge in [-0.15, -0.1) is 10.7 Å². The molecule has 0 heterocycles. The van der Waals surface area contributed by atoms with Crippen molar-refractivity contribution < 1.29 is 51.4 Å². The normalized spacial score (nSPS) is 13.6. The SMILES string of the molecule is Cc1cccc(C)c1/C(=N\[Si](C)(C)C)[Si-](/C(=N/[Si](C)(C)C)c1c(C)cccc1C)[Si](C)(C)C.[K+]. The molecule has 0 spiro atoms. The summed E-state index contributed by atoms with van der Waals surface area (Å²) in [6, 6.07) is 13.4. The van der Waals surface area contributed by atoms with Crippen LogP contribution in [-0.4, -0.2) is 43.0 Å². The van der Waals surface area contributed by atoms with Crippen LogP contribution >= 0.6 is 0 Å². The molecule has 2 aromatic carbocycles. The minimum atomic E-state index is -1.73. The van der Waals surface area contributed by atoms with Gasteiger partial charge in [0.1, 0.15) is 0 Å². The van der Waals surface area contributed by atoms with Crippen molar-refractivity contribution in [1.82, 2.24) is 0 Å². The molecule has 0 saturated heterocycles. The quantitative estimate of drug-likeness (QED) is 0.349. The number of benzene rings is 2. The van der Waals surface area contributed by atoms with Gasteiger partial charge in [-0.2, -0.15) is 0 Å². The molecule has 0 atom stereocenters. The van der Waals surface area contributed by atoms with Crippen molar-refractivity contribution in [2.24, 2.45) is 9.32 Å².